The molecule has 1 atom stereocenters. The van der Waals surface area contributed by atoms with Crippen LogP contribution in [0.4, 0.5) is 4.39 Å². The molecule has 1 aromatic carbocycles. The molecule has 7 heteroatoms. The molecule has 0 aliphatic carbocycles. The summed E-state index contributed by atoms with van der Waals surface area (Å²) in [6, 6.07) is 9.05. The molecule has 1 aliphatic heterocycles. The van der Waals surface area contributed by atoms with E-state index in [4.69, 9.17) is 9.15 Å². The lowest BCUT2D eigenvalue weighted by molar-refractivity contribution is 0.0148. The molecule has 2 N–H and O–H groups in total. The summed E-state index contributed by atoms with van der Waals surface area (Å²) in [6.07, 6.45) is -0.659. The number of hydrogen-bond acceptors (Lipinski definition) is 5. The zero-order valence-electron chi connectivity index (χ0n) is 13.8. The van der Waals surface area contributed by atoms with Crippen LogP contribution in [0.25, 0.3) is 11.3 Å². The van der Waals surface area contributed by atoms with E-state index in [-0.39, 0.29) is 18.1 Å². The summed E-state index contributed by atoms with van der Waals surface area (Å²) in [5.41, 5.74) is 0.688. The van der Waals surface area contributed by atoms with E-state index in [1.165, 1.54) is 12.1 Å². The van der Waals surface area contributed by atoms with E-state index in [1.54, 1.807) is 24.3 Å². The van der Waals surface area contributed by atoms with Crippen LogP contribution in [0.1, 0.15) is 10.6 Å². The van der Waals surface area contributed by atoms with Gasteiger partial charge in [-0.3, -0.25) is 9.69 Å². The lowest BCUT2D eigenvalue weighted by Crippen LogP contribution is -2.44. The average molecular weight is 348 g/mol. The Morgan fingerprint density at radius 3 is 2.64 bits per heavy atom. The van der Waals surface area contributed by atoms with Crippen LogP contribution in [0.3, 0.4) is 0 Å². The topological polar surface area (TPSA) is 74.9 Å². The number of ether oxygens (including phenoxy) is 1. The van der Waals surface area contributed by atoms with E-state index in [1.807, 2.05) is 0 Å². The Kier molecular flexibility index (Phi) is 5.80. The molecule has 1 unspecified atom stereocenters. The predicted octanol–water partition coefficient (Wildman–Crippen LogP) is 1.51. The van der Waals surface area contributed by atoms with Crippen LogP contribution in [0, 0.1) is 5.82 Å². The van der Waals surface area contributed by atoms with Gasteiger partial charge in [-0.2, -0.15) is 0 Å². The Morgan fingerprint density at radius 2 is 1.92 bits per heavy atom. The largest absolute Gasteiger partial charge is 0.451 e. The second-order valence-electron chi connectivity index (χ2n) is 5.95. The van der Waals surface area contributed by atoms with Gasteiger partial charge >= 0.3 is 0 Å². The molecule has 1 amide bonds. The number of furan rings is 1. The van der Waals surface area contributed by atoms with Crippen molar-refractivity contribution in [2.75, 3.05) is 39.4 Å². The second kappa shape index (κ2) is 8.24. The number of benzene rings is 1. The number of morpholine rings is 1. The molecular formula is C18H21FN2O4. The highest BCUT2D eigenvalue weighted by Gasteiger charge is 2.17. The standard InChI is InChI=1S/C18H21FN2O4/c19-14-3-1-13(2-4-14)16-5-6-17(25-16)18(23)20-11-15(22)12-21-7-9-24-10-8-21/h1-6,15,22H,7-12H2,(H,20,23). The van der Waals surface area contributed by atoms with E-state index < -0.39 is 12.0 Å². The summed E-state index contributed by atoms with van der Waals surface area (Å²) >= 11 is 0. The number of nitrogens with one attached hydrogen (secondary N) is 1. The minimum Gasteiger partial charge on any atom is -0.451 e. The summed E-state index contributed by atoms with van der Waals surface area (Å²) in [7, 11) is 0. The number of aliphatic hydroxyl groups excluding tert-OH is 1. The van der Waals surface area contributed by atoms with Gasteiger partial charge < -0.3 is 19.6 Å². The van der Waals surface area contributed by atoms with Crippen LogP contribution in [-0.4, -0.2) is 61.4 Å². The van der Waals surface area contributed by atoms with Gasteiger partial charge in [0.2, 0.25) is 0 Å². The van der Waals surface area contributed by atoms with Crippen LogP contribution in [-0.2, 0) is 4.74 Å². The third-order valence-electron chi connectivity index (χ3n) is 4.03. The van der Waals surface area contributed by atoms with Gasteiger partial charge in [0.25, 0.3) is 5.91 Å². The molecule has 0 saturated carbocycles. The van der Waals surface area contributed by atoms with Gasteiger partial charge in [0, 0.05) is 31.7 Å². The van der Waals surface area contributed by atoms with Gasteiger partial charge in [-0.15, -0.1) is 0 Å². The molecule has 1 aromatic heterocycles. The number of carbonyl (C=O) groups excluding carboxylic acids is 1. The maximum Gasteiger partial charge on any atom is 0.287 e. The van der Waals surface area contributed by atoms with Crippen LogP contribution in [0.2, 0.25) is 0 Å². The first-order valence-corrected chi connectivity index (χ1v) is 8.24. The normalized spacial score (nSPS) is 16.6. The first-order chi connectivity index (χ1) is 12.1. The quantitative estimate of drug-likeness (QED) is 0.828. The molecule has 3 rings (SSSR count). The second-order valence-corrected chi connectivity index (χ2v) is 5.95. The number of nitrogens with zero attached hydrogens (tertiary/aromatic N) is 1. The van der Waals surface area contributed by atoms with E-state index in [0.717, 1.165) is 13.1 Å². The Morgan fingerprint density at radius 1 is 1.20 bits per heavy atom. The molecule has 0 bridgehead atoms. The Balaban J connectivity index is 1.50. The summed E-state index contributed by atoms with van der Waals surface area (Å²) in [4.78, 5) is 14.2. The van der Waals surface area contributed by atoms with Gasteiger partial charge in [-0.1, -0.05) is 0 Å². The molecule has 2 heterocycles. The van der Waals surface area contributed by atoms with Crippen molar-refractivity contribution in [1.82, 2.24) is 10.2 Å². The molecule has 25 heavy (non-hydrogen) atoms. The van der Waals surface area contributed by atoms with Crippen molar-refractivity contribution in [2.24, 2.45) is 0 Å². The number of halogens is 1. The summed E-state index contributed by atoms with van der Waals surface area (Å²) in [5, 5.41) is 12.7. The number of rotatable bonds is 6. The zero-order valence-corrected chi connectivity index (χ0v) is 13.8. The van der Waals surface area contributed by atoms with Crippen molar-refractivity contribution in [3.63, 3.8) is 0 Å². The van der Waals surface area contributed by atoms with E-state index in [2.05, 4.69) is 10.2 Å². The lowest BCUT2D eigenvalue weighted by Gasteiger charge is -2.28. The fourth-order valence-electron chi connectivity index (χ4n) is 2.67. The molecule has 1 saturated heterocycles. The van der Waals surface area contributed by atoms with E-state index in [0.29, 0.717) is 31.1 Å². The van der Waals surface area contributed by atoms with Gasteiger partial charge in [0.05, 0.1) is 19.3 Å². The molecular weight excluding hydrogens is 327 g/mol. The highest BCUT2D eigenvalue weighted by Crippen LogP contribution is 2.22. The molecule has 6 nitrogen and oxygen atoms in total. The average Bonchev–Trinajstić information content (AvgIpc) is 3.11. The highest BCUT2D eigenvalue weighted by atomic mass is 19.1. The first-order valence-electron chi connectivity index (χ1n) is 8.24. The Hall–Kier alpha value is -2.22. The summed E-state index contributed by atoms with van der Waals surface area (Å²) < 4.78 is 23.7. The van der Waals surface area contributed by atoms with Gasteiger partial charge in [0.15, 0.2) is 5.76 Å². The monoisotopic (exact) mass is 348 g/mol. The minimum atomic E-state index is -0.659. The third kappa shape index (κ3) is 4.88. The first kappa shape index (κ1) is 17.6. The number of β-amino-alcohol motifs (C(OH)–C–C–N with tert-alkyl or cyclic N) is 1. The number of aliphatic hydroxyl groups is 1. The lowest BCUT2D eigenvalue weighted by atomic mass is 10.2. The maximum atomic E-state index is 13.0. The van der Waals surface area contributed by atoms with E-state index >= 15 is 0 Å². The minimum absolute atomic E-state index is 0.142. The molecule has 1 aliphatic rings. The summed E-state index contributed by atoms with van der Waals surface area (Å²) in [5.74, 6) is -0.0890. The Labute approximate surface area is 145 Å². The SMILES string of the molecule is O=C(NCC(O)CN1CCOCC1)c1ccc(-c2ccc(F)cc2)o1. The van der Waals surface area contributed by atoms with Crippen molar-refractivity contribution in [2.45, 2.75) is 6.10 Å². The smallest absolute Gasteiger partial charge is 0.287 e. The fourth-order valence-corrected chi connectivity index (χ4v) is 2.67. The predicted molar refractivity (Wildman–Crippen MR) is 89.7 cm³/mol. The molecule has 0 radical (unpaired) electrons. The summed E-state index contributed by atoms with van der Waals surface area (Å²) in [6.45, 7) is 3.52. The molecule has 1 fully saturated rings. The highest BCUT2D eigenvalue weighted by molar-refractivity contribution is 5.92. The van der Waals surface area contributed by atoms with E-state index in [9.17, 15) is 14.3 Å². The van der Waals surface area contributed by atoms with Gasteiger partial charge in [-0.05, 0) is 36.4 Å². The number of carbonyl (C=O) groups is 1. The van der Waals surface area contributed by atoms with Gasteiger partial charge in [-0.25, -0.2) is 4.39 Å². The van der Waals surface area contributed by atoms with Gasteiger partial charge in [0.1, 0.15) is 11.6 Å². The van der Waals surface area contributed by atoms with Crippen LogP contribution >= 0.6 is 0 Å². The van der Waals surface area contributed by atoms with Crippen LogP contribution in [0.15, 0.2) is 40.8 Å². The number of hydrogen-bond donors (Lipinski definition) is 2. The van der Waals surface area contributed by atoms with Crippen molar-refractivity contribution >= 4 is 5.91 Å². The zero-order chi connectivity index (χ0) is 17.6. The number of amides is 1. The maximum absolute atomic E-state index is 13.0. The molecule has 0 spiro atoms. The van der Waals surface area contributed by atoms with Crippen LogP contribution in [0.5, 0.6) is 0 Å². The van der Waals surface area contributed by atoms with Crippen molar-refractivity contribution < 1.29 is 23.4 Å². The van der Waals surface area contributed by atoms with Crippen molar-refractivity contribution in [3.05, 3.63) is 48.0 Å². The van der Waals surface area contributed by atoms with Crippen molar-refractivity contribution in [1.29, 1.82) is 0 Å². The molecule has 134 valence electrons. The van der Waals surface area contributed by atoms with Crippen LogP contribution < -0.4 is 5.32 Å². The van der Waals surface area contributed by atoms with Crippen molar-refractivity contribution in [3.8, 4) is 11.3 Å². The molecule has 2 aromatic rings. The third-order valence-corrected chi connectivity index (χ3v) is 4.03. The Bertz CT molecular complexity index is 695. The fraction of sp³-hybridized carbons (Fsp3) is 0.389.